The van der Waals surface area contributed by atoms with Gasteiger partial charge in [0.1, 0.15) is 0 Å². The van der Waals surface area contributed by atoms with Gasteiger partial charge in [-0.3, -0.25) is 9.69 Å². The van der Waals surface area contributed by atoms with E-state index in [1.165, 1.54) is 0 Å². The zero-order valence-corrected chi connectivity index (χ0v) is 12.3. The van der Waals surface area contributed by atoms with Crippen molar-refractivity contribution < 1.29 is 19.7 Å². The number of carbonyl (C=O) groups excluding carboxylic acids is 1. The van der Waals surface area contributed by atoms with Crippen LogP contribution in [0.3, 0.4) is 0 Å². The van der Waals surface area contributed by atoms with Crippen LogP contribution >= 0.6 is 0 Å². The van der Waals surface area contributed by atoms with Crippen molar-refractivity contribution in [3.05, 3.63) is 0 Å². The van der Waals surface area contributed by atoms with Crippen LogP contribution in [0.2, 0.25) is 0 Å². The van der Waals surface area contributed by atoms with Crippen LogP contribution in [0.1, 0.15) is 39.5 Å². The topological polar surface area (TPSA) is 70.0 Å². The fourth-order valence-corrected chi connectivity index (χ4v) is 2.57. The third kappa shape index (κ3) is 4.75. The van der Waals surface area contributed by atoms with E-state index in [1.54, 1.807) is 0 Å². The van der Waals surface area contributed by atoms with E-state index in [9.17, 15) is 9.90 Å². The van der Waals surface area contributed by atoms with Crippen molar-refractivity contribution in [3.8, 4) is 0 Å². The fraction of sp³-hybridized carbons (Fsp3) is 0.929. The van der Waals surface area contributed by atoms with Crippen molar-refractivity contribution in [3.63, 3.8) is 0 Å². The molecule has 0 aliphatic heterocycles. The summed E-state index contributed by atoms with van der Waals surface area (Å²) in [6, 6.07) is 0.0341. The molecule has 0 amide bonds. The monoisotopic (exact) mass is 273 g/mol. The first kappa shape index (κ1) is 16.4. The molecular formula is C14H27NO4. The molecule has 1 unspecified atom stereocenters. The molecule has 0 aromatic carbocycles. The lowest BCUT2D eigenvalue weighted by molar-refractivity contribution is -0.151. The maximum absolute atomic E-state index is 11.6. The number of aliphatic hydroxyl groups is 2. The summed E-state index contributed by atoms with van der Waals surface area (Å²) < 4.78 is 5.02. The molecule has 19 heavy (non-hydrogen) atoms. The van der Waals surface area contributed by atoms with Crippen molar-refractivity contribution in [1.82, 2.24) is 4.90 Å². The molecule has 112 valence electrons. The van der Waals surface area contributed by atoms with Gasteiger partial charge in [-0.25, -0.2) is 0 Å². The number of likely N-dealkylation sites (N-methyl/N-ethyl adjacent to an activating group) is 1. The highest BCUT2D eigenvalue weighted by Gasteiger charge is 2.37. The minimum absolute atomic E-state index is 0.0341. The van der Waals surface area contributed by atoms with Crippen LogP contribution < -0.4 is 0 Å². The Hall–Kier alpha value is -0.650. The maximum Gasteiger partial charge on any atom is 0.308 e. The van der Waals surface area contributed by atoms with E-state index in [-0.39, 0.29) is 24.5 Å². The van der Waals surface area contributed by atoms with Crippen molar-refractivity contribution >= 4 is 5.97 Å². The van der Waals surface area contributed by atoms with Gasteiger partial charge in [0.05, 0.1) is 24.7 Å². The van der Waals surface area contributed by atoms with Gasteiger partial charge in [0, 0.05) is 12.6 Å². The minimum atomic E-state index is -0.749. The fourth-order valence-electron chi connectivity index (χ4n) is 2.57. The smallest absolute Gasteiger partial charge is 0.308 e. The number of ether oxygens (including phenoxy) is 1. The van der Waals surface area contributed by atoms with E-state index < -0.39 is 5.60 Å². The van der Waals surface area contributed by atoms with Crippen LogP contribution in [-0.2, 0) is 9.53 Å². The summed E-state index contributed by atoms with van der Waals surface area (Å²) in [6.07, 6.45) is 2.57. The first-order chi connectivity index (χ1) is 8.91. The van der Waals surface area contributed by atoms with Gasteiger partial charge >= 0.3 is 5.97 Å². The van der Waals surface area contributed by atoms with Crippen LogP contribution in [0, 0.1) is 5.92 Å². The predicted molar refractivity (Wildman–Crippen MR) is 72.7 cm³/mol. The lowest BCUT2D eigenvalue weighted by Crippen LogP contribution is -2.48. The van der Waals surface area contributed by atoms with Crippen LogP contribution in [0.25, 0.3) is 0 Å². The van der Waals surface area contributed by atoms with E-state index in [2.05, 4.69) is 0 Å². The summed E-state index contributed by atoms with van der Waals surface area (Å²) in [4.78, 5) is 13.6. The number of rotatable bonds is 6. The van der Waals surface area contributed by atoms with Gasteiger partial charge in [0.15, 0.2) is 0 Å². The number of aliphatic hydroxyl groups excluding tert-OH is 1. The molecule has 0 saturated heterocycles. The number of nitrogens with zero attached hydrogens (tertiary/aromatic N) is 1. The molecule has 1 atom stereocenters. The zero-order valence-electron chi connectivity index (χ0n) is 12.3. The highest BCUT2D eigenvalue weighted by molar-refractivity contribution is 5.72. The highest BCUT2D eigenvalue weighted by atomic mass is 16.5. The summed E-state index contributed by atoms with van der Waals surface area (Å²) in [5.74, 6) is -0.206. The SMILES string of the molecule is CCOC(=O)C1CCC(O)(CN(C)C(C)CO)CC1. The van der Waals surface area contributed by atoms with Crippen molar-refractivity contribution in [1.29, 1.82) is 0 Å². The third-order valence-electron chi connectivity index (χ3n) is 4.10. The average molecular weight is 273 g/mol. The standard InChI is InChI=1S/C14H27NO4/c1-4-19-13(17)12-5-7-14(18,8-6-12)10-15(3)11(2)9-16/h11-12,16,18H,4-10H2,1-3H3. The average Bonchev–Trinajstić information content (AvgIpc) is 2.38. The van der Waals surface area contributed by atoms with E-state index in [0.717, 1.165) is 0 Å². The van der Waals surface area contributed by atoms with Gasteiger partial charge in [0.2, 0.25) is 0 Å². The molecule has 2 N–H and O–H groups in total. The second-order valence-corrected chi connectivity index (χ2v) is 5.70. The van der Waals surface area contributed by atoms with E-state index in [0.29, 0.717) is 38.8 Å². The summed E-state index contributed by atoms with van der Waals surface area (Å²) in [6.45, 7) is 4.76. The second kappa shape index (κ2) is 7.22. The summed E-state index contributed by atoms with van der Waals surface area (Å²) in [5, 5.41) is 19.6. The van der Waals surface area contributed by atoms with Gasteiger partial charge < -0.3 is 14.9 Å². The largest absolute Gasteiger partial charge is 0.466 e. The van der Waals surface area contributed by atoms with E-state index >= 15 is 0 Å². The third-order valence-corrected chi connectivity index (χ3v) is 4.10. The lowest BCUT2D eigenvalue weighted by Gasteiger charge is -2.39. The Morgan fingerprint density at radius 3 is 2.53 bits per heavy atom. The Morgan fingerprint density at radius 1 is 1.47 bits per heavy atom. The molecule has 0 radical (unpaired) electrons. The molecule has 1 aliphatic carbocycles. The van der Waals surface area contributed by atoms with Crippen LogP contribution in [0.15, 0.2) is 0 Å². The quantitative estimate of drug-likeness (QED) is 0.700. The Balaban J connectivity index is 2.44. The van der Waals surface area contributed by atoms with Crippen molar-refractivity contribution in [2.75, 3.05) is 26.8 Å². The maximum atomic E-state index is 11.6. The zero-order chi connectivity index (χ0) is 14.5. The molecule has 1 saturated carbocycles. The molecule has 0 spiro atoms. The number of esters is 1. The molecular weight excluding hydrogens is 246 g/mol. The Labute approximate surface area is 115 Å². The van der Waals surface area contributed by atoms with Gasteiger partial charge in [0.25, 0.3) is 0 Å². The molecule has 0 aromatic rings. The Bertz CT molecular complexity index is 287. The second-order valence-electron chi connectivity index (χ2n) is 5.70. The van der Waals surface area contributed by atoms with Crippen LogP contribution in [0.4, 0.5) is 0 Å². The number of hydrogen-bond acceptors (Lipinski definition) is 5. The molecule has 0 aromatic heterocycles. The number of carbonyl (C=O) groups is 1. The van der Waals surface area contributed by atoms with E-state index in [1.807, 2.05) is 25.8 Å². The van der Waals surface area contributed by atoms with Gasteiger partial charge in [-0.2, -0.15) is 0 Å². The molecule has 5 nitrogen and oxygen atoms in total. The van der Waals surface area contributed by atoms with Crippen molar-refractivity contribution in [2.45, 2.75) is 51.2 Å². The van der Waals surface area contributed by atoms with E-state index in [4.69, 9.17) is 9.84 Å². The first-order valence-corrected chi connectivity index (χ1v) is 7.12. The van der Waals surface area contributed by atoms with Crippen LogP contribution in [0.5, 0.6) is 0 Å². The lowest BCUT2D eigenvalue weighted by atomic mass is 9.78. The highest BCUT2D eigenvalue weighted by Crippen LogP contribution is 2.33. The summed E-state index contributed by atoms with van der Waals surface area (Å²) in [5.41, 5.74) is -0.749. The molecule has 5 heteroatoms. The number of hydrogen-bond donors (Lipinski definition) is 2. The Morgan fingerprint density at radius 2 is 2.05 bits per heavy atom. The first-order valence-electron chi connectivity index (χ1n) is 7.12. The minimum Gasteiger partial charge on any atom is -0.466 e. The predicted octanol–water partition coefficient (Wildman–Crippen LogP) is 0.783. The molecule has 0 heterocycles. The van der Waals surface area contributed by atoms with Crippen molar-refractivity contribution in [2.24, 2.45) is 5.92 Å². The normalized spacial score (nSPS) is 29.3. The molecule has 1 aliphatic rings. The van der Waals surface area contributed by atoms with Gasteiger partial charge in [-0.05, 0) is 46.6 Å². The molecule has 1 fully saturated rings. The van der Waals surface area contributed by atoms with Crippen LogP contribution in [-0.4, -0.2) is 59.5 Å². The summed E-state index contributed by atoms with van der Waals surface area (Å²) in [7, 11) is 1.90. The molecule has 1 rings (SSSR count). The van der Waals surface area contributed by atoms with Gasteiger partial charge in [-0.15, -0.1) is 0 Å². The Kier molecular flexibility index (Phi) is 6.23. The van der Waals surface area contributed by atoms with Gasteiger partial charge in [-0.1, -0.05) is 0 Å². The molecule has 0 bridgehead atoms. The summed E-state index contributed by atoms with van der Waals surface area (Å²) >= 11 is 0.